The molecule has 3 aromatic rings. The van der Waals surface area contributed by atoms with E-state index in [9.17, 15) is 9.90 Å². The van der Waals surface area contributed by atoms with Crippen molar-refractivity contribution in [3.05, 3.63) is 51.1 Å². The summed E-state index contributed by atoms with van der Waals surface area (Å²) in [7, 11) is 0. The Balaban J connectivity index is 1.88. The summed E-state index contributed by atoms with van der Waals surface area (Å²) in [5.74, 6) is -0.281. The first-order chi connectivity index (χ1) is 11.3. The third-order valence-electron chi connectivity index (χ3n) is 3.94. The van der Waals surface area contributed by atoms with E-state index in [-0.39, 0.29) is 12.5 Å². The molecule has 1 amide bonds. The summed E-state index contributed by atoms with van der Waals surface area (Å²) in [5, 5.41) is 19.7. The third-order valence-corrected chi connectivity index (χ3v) is 5.07. The van der Waals surface area contributed by atoms with E-state index in [1.807, 2.05) is 37.4 Å². The maximum absolute atomic E-state index is 12.7. The minimum Gasteiger partial charge on any atom is -0.383 e. The molecule has 3 rings (SSSR count). The minimum absolute atomic E-state index is 0.119. The number of aliphatic hydroxyl groups is 1. The zero-order valence-corrected chi connectivity index (χ0v) is 14.9. The average Bonchev–Trinajstić information content (AvgIpc) is 3.13. The zero-order chi connectivity index (χ0) is 17.5. The van der Waals surface area contributed by atoms with Gasteiger partial charge in [0.15, 0.2) is 5.65 Å². The van der Waals surface area contributed by atoms with E-state index in [4.69, 9.17) is 0 Å². The Morgan fingerprint density at radius 2 is 2.17 bits per heavy atom. The smallest absolute Gasteiger partial charge is 0.257 e. The highest BCUT2D eigenvalue weighted by Gasteiger charge is 2.27. The van der Waals surface area contributed by atoms with Crippen molar-refractivity contribution in [3.63, 3.8) is 0 Å². The molecular formula is C17H20N4O2S. The number of amides is 1. The van der Waals surface area contributed by atoms with E-state index in [0.717, 1.165) is 16.3 Å². The first-order valence-electron chi connectivity index (χ1n) is 7.68. The van der Waals surface area contributed by atoms with Gasteiger partial charge < -0.3 is 10.4 Å². The molecule has 6 nitrogen and oxygen atoms in total. The molecule has 0 radical (unpaired) electrons. The SMILES string of the molecule is Cc1cc(C)n2nc(C)c(C(=O)NCC(C)(O)c3cccs3)c2n1. The number of fused-ring (bicyclic) bond motifs is 1. The van der Waals surface area contributed by atoms with Gasteiger partial charge in [0, 0.05) is 16.3 Å². The van der Waals surface area contributed by atoms with Gasteiger partial charge >= 0.3 is 0 Å². The van der Waals surface area contributed by atoms with E-state index >= 15 is 0 Å². The number of carbonyl (C=O) groups excluding carboxylic acids is 1. The molecular weight excluding hydrogens is 324 g/mol. The van der Waals surface area contributed by atoms with Crippen LogP contribution < -0.4 is 5.32 Å². The molecule has 24 heavy (non-hydrogen) atoms. The van der Waals surface area contributed by atoms with Gasteiger partial charge in [-0.2, -0.15) is 5.10 Å². The fourth-order valence-electron chi connectivity index (χ4n) is 2.71. The Morgan fingerprint density at radius 1 is 1.42 bits per heavy atom. The van der Waals surface area contributed by atoms with Crippen LogP contribution in [0.25, 0.3) is 5.65 Å². The maximum Gasteiger partial charge on any atom is 0.257 e. The second-order valence-corrected chi connectivity index (χ2v) is 7.12. The van der Waals surface area contributed by atoms with Crippen molar-refractivity contribution in [2.24, 2.45) is 0 Å². The molecule has 0 spiro atoms. The average molecular weight is 344 g/mol. The zero-order valence-electron chi connectivity index (χ0n) is 14.1. The Morgan fingerprint density at radius 3 is 2.83 bits per heavy atom. The van der Waals surface area contributed by atoms with Crippen LogP contribution in [0.15, 0.2) is 23.6 Å². The summed E-state index contributed by atoms with van der Waals surface area (Å²) in [5.41, 5.74) is 2.25. The quantitative estimate of drug-likeness (QED) is 0.761. The third kappa shape index (κ3) is 2.92. The fourth-order valence-corrected chi connectivity index (χ4v) is 3.49. The van der Waals surface area contributed by atoms with Crippen molar-refractivity contribution in [3.8, 4) is 0 Å². The van der Waals surface area contributed by atoms with Crippen LogP contribution >= 0.6 is 11.3 Å². The normalized spacial score (nSPS) is 13.9. The van der Waals surface area contributed by atoms with Gasteiger partial charge in [-0.3, -0.25) is 4.79 Å². The van der Waals surface area contributed by atoms with Gasteiger partial charge in [-0.25, -0.2) is 9.50 Å². The predicted molar refractivity (Wildman–Crippen MR) is 93.4 cm³/mol. The molecule has 7 heteroatoms. The number of aromatic nitrogens is 3. The standard InChI is InChI=1S/C17H20N4O2S/c1-10-8-11(2)21-15(19-10)14(12(3)20-21)16(22)18-9-17(4,23)13-6-5-7-24-13/h5-8,23H,9H2,1-4H3,(H,18,22). The Labute approximate surface area is 144 Å². The van der Waals surface area contributed by atoms with Crippen LogP contribution in [0.1, 0.15) is 39.2 Å². The lowest BCUT2D eigenvalue weighted by molar-refractivity contribution is 0.0557. The molecule has 126 valence electrons. The molecule has 2 N–H and O–H groups in total. The number of aryl methyl sites for hydroxylation is 3. The highest BCUT2D eigenvalue weighted by Crippen LogP contribution is 2.24. The predicted octanol–water partition coefficient (Wildman–Crippen LogP) is 2.35. The Kier molecular flexibility index (Phi) is 4.15. The molecule has 0 aliphatic carbocycles. The minimum atomic E-state index is -1.11. The Bertz CT molecular complexity index is 897. The van der Waals surface area contributed by atoms with Crippen LogP contribution in [-0.4, -0.2) is 32.2 Å². The lowest BCUT2D eigenvalue weighted by Gasteiger charge is -2.22. The maximum atomic E-state index is 12.7. The van der Waals surface area contributed by atoms with Crippen molar-refractivity contribution >= 4 is 22.9 Å². The lowest BCUT2D eigenvalue weighted by atomic mass is 10.1. The number of hydrogen-bond donors (Lipinski definition) is 2. The summed E-state index contributed by atoms with van der Waals surface area (Å²) in [6.45, 7) is 7.41. The first-order valence-corrected chi connectivity index (χ1v) is 8.56. The fraction of sp³-hybridized carbons (Fsp3) is 0.353. The van der Waals surface area contributed by atoms with Crippen LogP contribution in [0.5, 0.6) is 0 Å². The van der Waals surface area contributed by atoms with Gasteiger partial charge in [-0.15, -0.1) is 11.3 Å². The van der Waals surface area contributed by atoms with Gasteiger partial charge in [0.2, 0.25) is 0 Å². The van der Waals surface area contributed by atoms with Crippen LogP contribution in [0.2, 0.25) is 0 Å². The summed E-state index contributed by atoms with van der Waals surface area (Å²) < 4.78 is 1.68. The molecule has 0 bridgehead atoms. The van der Waals surface area contributed by atoms with Crippen LogP contribution in [0.4, 0.5) is 0 Å². The summed E-state index contributed by atoms with van der Waals surface area (Å²) >= 11 is 1.46. The van der Waals surface area contributed by atoms with Crippen LogP contribution in [-0.2, 0) is 5.60 Å². The lowest BCUT2D eigenvalue weighted by Crippen LogP contribution is -2.38. The van der Waals surface area contributed by atoms with Crippen LogP contribution in [0, 0.1) is 20.8 Å². The van der Waals surface area contributed by atoms with Gasteiger partial charge in [-0.1, -0.05) is 6.07 Å². The molecule has 0 aliphatic heterocycles. The molecule has 0 aromatic carbocycles. The van der Waals surface area contributed by atoms with Crippen molar-refractivity contribution in [2.75, 3.05) is 6.54 Å². The highest BCUT2D eigenvalue weighted by molar-refractivity contribution is 7.10. The number of nitrogens with zero attached hydrogens (tertiary/aromatic N) is 3. The molecule has 3 aromatic heterocycles. The highest BCUT2D eigenvalue weighted by atomic mass is 32.1. The number of rotatable bonds is 4. The molecule has 0 saturated heterocycles. The number of thiophene rings is 1. The Hall–Kier alpha value is -2.25. The first kappa shape index (κ1) is 16.6. The van der Waals surface area contributed by atoms with E-state index in [1.54, 1.807) is 18.4 Å². The van der Waals surface area contributed by atoms with E-state index in [1.165, 1.54) is 11.3 Å². The molecule has 1 atom stereocenters. The monoisotopic (exact) mass is 344 g/mol. The topological polar surface area (TPSA) is 79.5 Å². The van der Waals surface area contributed by atoms with Crippen molar-refractivity contribution < 1.29 is 9.90 Å². The molecule has 1 unspecified atom stereocenters. The van der Waals surface area contributed by atoms with Crippen molar-refractivity contribution in [2.45, 2.75) is 33.3 Å². The van der Waals surface area contributed by atoms with Crippen molar-refractivity contribution in [1.82, 2.24) is 19.9 Å². The van der Waals surface area contributed by atoms with Crippen molar-refractivity contribution in [1.29, 1.82) is 0 Å². The van der Waals surface area contributed by atoms with E-state index < -0.39 is 5.60 Å². The second kappa shape index (κ2) is 5.99. The number of nitrogens with one attached hydrogen (secondary N) is 1. The summed E-state index contributed by atoms with van der Waals surface area (Å²) in [4.78, 5) is 17.9. The summed E-state index contributed by atoms with van der Waals surface area (Å²) in [6.07, 6.45) is 0. The largest absolute Gasteiger partial charge is 0.383 e. The molecule has 0 fully saturated rings. The molecule has 0 aliphatic rings. The van der Waals surface area contributed by atoms with E-state index in [2.05, 4.69) is 15.4 Å². The van der Waals surface area contributed by atoms with Crippen LogP contribution in [0.3, 0.4) is 0 Å². The molecule has 3 heterocycles. The van der Waals surface area contributed by atoms with E-state index in [0.29, 0.717) is 16.9 Å². The van der Waals surface area contributed by atoms with Gasteiger partial charge in [0.25, 0.3) is 5.91 Å². The summed E-state index contributed by atoms with van der Waals surface area (Å²) in [6, 6.07) is 5.65. The van der Waals surface area contributed by atoms with Gasteiger partial charge in [-0.05, 0) is 45.2 Å². The second-order valence-electron chi connectivity index (χ2n) is 6.17. The molecule has 0 saturated carbocycles. The number of carbonyl (C=O) groups is 1. The van der Waals surface area contributed by atoms with Gasteiger partial charge in [0.1, 0.15) is 11.2 Å². The van der Waals surface area contributed by atoms with Gasteiger partial charge in [0.05, 0.1) is 12.2 Å². The number of hydrogen-bond acceptors (Lipinski definition) is 5.